The molecule has 0 amide bonds. The van der Waals surface area contributed by atoms with Gasteiger partial charge in [0.05, 0.1) is 6.04 Å². The van der Waals surface area contributed by atoms with Gasteiger partial charge in [-0.05, 0) is 44.7 Å². The predicted molar refractivity (Wildman–Crippen MR) is 59.3 cm³/mol. The summed E-state index contributed by atoms with van der Waals surface area (Å²) in [6.45, 7) is 10.7. The molecule has 0 bridgehead atoms. The van der Waals surface area contributed by atoms with Gasteiger partial charge in [-0.15, -0.1) is 0 Å². The minimum atomic E-state index is 0.220. The maximum atomic E-state index is 11.3. The van der Waals surface area contributed by atoms with Crippen LogP contribution in [0.15, 0.2) is 0 Å². The fraction of sp³-hybridized carbons (Fsp3) is 0.917. The number of hydrogen-bond donors (Lipinski definition) is 0. The third-order valence-electron chi connectivity index (χ3n) is 2.98. The molecule has 14 heavy (non-hydrogen) atoms. The first-order valence-corrected chi connectivity index (χ1v) is 5.65. The second kappa shape index (κ2) is 4.43. The van der Waals surface area contributed by atoms with Crippen LogP contribution in [0.1, 0.15) is 47.0 Å². The second-order valence-electron chi connectivity index (χ2n) is 5.62. The normalized spacial score (nSPS) is 24.1. The summed E-state index contributed by atoms with van der Waals surface area (Å²) in [5.41, 5.74) is 0.379. The summed E-state index contributed by atoms with van der Waals surface area (Å²) < 4.78 is 0. The van der Waals surface area contributed by atoms with Crippen LogP contribution >= 0.6 is 0 Å². The molecule has 1 aliphatic heterocycles. The number of carbonyl (C=O) groups is 1. The van der Waals surface area contributed by atoms with Crippen LogP contribution in [0.4, 0.5) is 0 Å². The van der Waals surface area contributed by atoms with Gasteiger partial charge in [0, 0.05) is 0 Å². The number of Topliss-reactive ketones (excluding diaryl/α,β-unsaturated/α-hetero) is 1. The van der Waals surface area contributed by atoms with Crippen molar-refractivity contribution in [3.8, 4) is 0 Å². The third-order valence-corrected chi connectivity index (χ3v) is 2.98. The Morgan fingerprint density at radius 2 is 2.07 bits per heavy atom. The van der Waals surface area contributed by atoms with Gasteiger partial charge in [0.25, 0.3) is 0 Å². The van der Waals surface area contributed by atoms with Crippen molar-refractivity contribution in [2.24, 2.45) is 5.41 Å². The van der Waals surface area contributed by atoms with Crippen molar-refractivity contribution in [2.45, 2.75) is 53.0 Å². The predicted octanol–water partition coefficient (Wildman–Crippen LogP) is 2.48. The first kappa shape index (κ1) is 11.7. The van der Waals surface area contributed by atoms with Crippen LogP contribution in [-0.2, 0) is 4.79 Å². The van der Waals surface area contributed by atoms with Crippen molar-refractivity contribution < 1.29 is 4.79 Å². The van der Waals surface area contributed by atoms with Crippen molar-refractivity contribution in [3.05, 3.63) is 0 Å². The van der Waals surface area contributed by atoms with E-state index in [-0.39, 0.29) is 6.04 Å². The molecular weight excluding hydrogens is 174 g/mol. The lowest BCUT2D eigenvalue weighted by atomic mass is 9.92. The van der Waals surface area contributed by atoms with Crippen LogP contribution in [0.5, 0.6) is 0 Å². The SMILES string of the molecule is CC(=O)C1CCCN1CCC(C)(C)C. The van der Waals surface area contributed by atoms with Crippen LogP contribution in [0, 0.1) is 5.41 Å². The zero-order valence-corrected chi connectivity index (χ0v) is 9.97. The molecule has 0 N–H and O–H groups in total. The van der Waals surface area contributed by atoms with Gasteiger partial charge in [0.15, 0.2) is 0 Å². The maximum absolute atomic E-state index is 11.3. The van der Waals surface area contributed by atoms with Crippen molar-refractivity contribution in [3.63, 3.8) is 0 Å². The van der Waals surface area contributed by atoms with E-state index in [0.717, 1.165) is 19.5 Å². The quantitative estimate of drug-likeness (QED) is 0.692. The molecule has 1 saturated heterocycles. The van der Waals surface area contributed by atoms with Crippen molar-refractivity contribution >= 4 is 5.78 Å². The number of ketones is 1. The van der Waals surface area contributed by atoms with E-state index in [1.165, 1.54) is 12.8 Å². The van der Waals surface area contributed by atoms with E-state index >= 15 is 0 Å². The standard InChI is InChI=1S/C12H23NO/c1-10(14)11-6-5-8-13(11)9-7-12(2,3)4/h11H,5-9H2,1-4H3. The topological polar surface area (TPSA) is 20.3 Å². The van der Waals surface area contributed by atoms with E-state index < -0.39 is 0 Å². The molecule has 2 nitrogen and oxygen atoms in total. The van der Waals surface area contributed by atoms with Gasteiger partial charge in [0.2, 0.25) is 0 Å². The molecule has 1 aliphatic rings. The van der Waals surface area contributed by atoms with E-state index in [1.807, 2.05) is 0 Å². The van der Waals surface area contributed by atoms with Crippen LogP contribution in [0.2, 0.25) is 0 Å². The largest absolute Gasteiger partial charge is 0.298 e. The summed E-state index contributed by atoms with van der Waals surface area (Å²) in [7, 11) is 0. The average Bonchev–Trinajstić information content (AvgIpc) is 2.46. The lowest BCUT2D eigenvalue weighted by molar-refractivity contribution is -0.121. The monoisotopic (exact) mass is 197 g/mol. The number of carbonyl (C=O) groups excluding carboxylic acids is 1. The van der Waals surface area contributed by atoms with Crippen molar-refractivity contribution in [1.82, 2.24) is 4.90 Å². The van der Waals surface area contributed by atoms with Crippen LogP contribution in [-0.4, -0.2) is 29.8 Å². The van der Waals surface area contributed by atoms with E-state index in [4.69, 9.17) is 0 Å². The minimum Gasteiger partial charge on any atom is -0.298 e. The summed E-state index contributed by atoms with van der Waals surface area (Å²) in [6.07, 6.45) is 3.44. The van der Waals surface area contributed by atoms with Crippen molar-refractivity contribution in [2.75, 3.05) is 13.1 Å². The fourth-order valence-corrected chi connectivity index (χ4v) is 2.03. The Morgan fingerprint density at radius 3 is 2.57 bits per heavy atom. The zero-order valence-electron chi connectivity index (χ0n) is 9.97. The Morgan fingerprint density at radius 1 is 1.43 bits per heavy atom. The van der Waals surface area contributed by atoms with Gasteiger partial charge in [-0.1, -0.05) is 20.8 Å². The number of rotatable bonds is 3. The molecule has 0 saturated carbocycles. The summed E-state index contributed by atoms with van der Waals surface area (Å²) in [6, 6.07) is 0.220. The van der Waals surface area contributed by atoms with E-state index in [2.05, 4.69) is 25.7 Å². The molecule has 0 spiro atoms. The molecule has 0 aliphatic carbocycles. The van der Waals surface area contributed by atoms with Gasteiger partial charge in [-0.3, -0.25) is 9.69 Å². The molecule has 1 fully saturated rings. The Balaban J connectivity index is 2.40. The third kappa shape index (κ3) is 3.41. The zero-order chi connectivity index (χ0) is 10.8. The smallest absolute Gasteiger partial charge is 0.146 e. The van der Waals surface area contributed by atoms with Crippen LogP contribution in [0.25, 0.3) is 0 Å². The molecule has 0 aromatic rings. The Kier molecular flexibility index (Phi) is 3.71. The lowest BCUT2D eigenvalue weighted by Crippen LogP contribution is -2.36. The number of nitrogens with zero attached hydrogens (tertiary/aromatic N) is 1. The highest BCUT2D eigenvalue weighted by Crippen LogP contribution is 2.23. The fourth-order valence-electron chi connectivity index (χ4n) is 2.03. The lowest BCUT2D eigenvalue weighted by Gasteiger charge is -2.26. The number of likely N-dealkylation sites (tertiary alicyclic amines) is 1. The van der Waals surface area contributed by atoms with E-state index in [9.17, 15) is 4.79 Å². The highest BCUT2D eigenvalue weighted by Gasteiger charge is 2.28. The Bertz CT molecular complexity index is 205. The molecule has 1 rings (SSSR count). The first-order chi connectivity index (χ1) is 6.40. The molecule has 2 heteroatoms. The van der Waals surface area contributed by atoms with Gasteiger partial charge in [-0.2, -0.15) is 0 Å². The average molecular weight is 197 g/mol. The molecule has 1 atom stereocenters. The second-order valence-corrected chi connectivity index (χ2v) is 5.62. The Hall–Kier alpha value is -0.370. The van der Waals surface area contributed by atoms with E-state index in [1.54, 1.807) is 6.92 Å². The van der Waals surface area contributed by atoms with Gasteiger partial charge < -0.3 is 0 Å². The Labute approximate surface area is 87.7 Å². The van der Waals surface area contributed by atoms with E-state index in [0.29, 0.717) is 11.2 Å². The van der Waals surface area contributed by atoms with Gasteiger partial charge >= 0.3 is 0 Å². The summed E-state index contributed by atoms with van der Waals surface area (Å²) in [5, 5.41) is 0. The molecule has 1 heterocycles. The highest BCUT2D eigenvalue weighted by atomic mass is 16.1. The van der Waals surface area contributed by atoms with Crippen molar-refractivity contribution in [1.29, 1.82) is 0 Å². The minimum absolute atomic E-state index is 0.220. The molecular formula is C12H23NO. The summed E-state index contributed by atoms with van der Waals surface area (Å²) >= 11 is 0. The van der Waals surface area contributed by atoms with Crippen LogP contribution < -0.4 is 0 Å². The number of hydrogen-bond acceptors (Lipinski definition) is 2. The molecule has 0 aromatic carbocycles. The van der Waals surface area contributed by atoms with Crippen LogP contribution in [0.3, 0.4) is 0 Å². The highest BCUT2D eigenvalue weighted by molar-refractivity contribution is 5.81. The summed E-state index contributed by atoms with van der Waals surface area (Å²) in [5.74, 6) is 0.344. The first-order valence-electron chi connectivity index (χ1n) is 5.65. The van der Waals surface area contributed by atoms with Gasteiger partial charge in [0.1, 0.15) is 5.78 Å². The maximum Gasteiger partial charge on any atom is 0.146 e. The molecule has 82 valence electrons. The summed E-state index contributed by atoms with van der Waals surface area (Å²) in [4.78, 5) is 13.7. The molecule has 0 aromatic heterocycles. The molecule has 0 radical (unpaired) electrons. The molecule has 1 unspecified atom stereocenters. The van der Waals surface area contributed by atoms with Gasteiger partial charge in [-0.25, -0.2) is 0 Å².